The molecule has 2 aromatic heterocycles. The molecular weight excluding hydrogens is 392 g/mol. The first-order chi connectivity index (χ1) is 14.9. The predicted molar refractivity (Wildman–Crippen MR) is 116 cm³/mol. The highest BCUT2D eigenvalue weighted by molar-refractivity contribution is 5.83. The summed E-state index contributed by atoms with van der Waals surface area (Å²) in [4.78, 5) is 16.8. The van der Waals surface area contributed by atoms with Crippen LogP contribution in [0.4, 0.5) is 0 Å². The number of methoxy groups -OCH3 is 1. The van der Waals surface area contributed by atoms with Crippen molar-refractivity contribution in [2.45, 2.75) is 65.8 Å². The maximum Gasteiger partial charge on any atom is 0.312 e. The summed E-state index contributed by atoms with van der Waals surface area (Å²) in [6, 6.07) is 0. The molecule has 1 unspecified atom stereocenters. The molecule has 31 heavy (non-hydrogen) atoms. The van der Waals surface area contributed by atoms with Gasteiger partial charge in [0.1, 0.15) is 0 Å². The smallest absolute Gasteiger partial charge is 0.312 e. The van der Waals surface area contributed by atoms with Crippen molar-refractivity contribution in [2.24, 2.45) is 17.3 Å². The van der Waals surface area contributed by atoms with E-state index in [-0.39, 0.29) is 17.3 Å². The second-order valence-electron chi connectivity index (χ2n) is 9.73. The van der Waals surface area contributed by atoms with Gasteiger partial charge < -0.3 is 9.26 Å². The lowest BCUT2D eigenvalue weighted by Crippen LogP contribution is -2.24. The van der Waals surface area contributed by atoms with Crippen LogP contribution in [0.1, 0.15) is 63.5 Å². The molecule has 1 saturated carbocycles. The van der Waals surface area contributed by atoms with E-state index in [0.717, 1.165) is 55.5 Å². The summed E-state index contributed by atoms with van der Waals surface area (Å²) in [5.41, 5.74) is 5.79. The van der Waals surface area contributed by atoms with Crippen molar-refractivity contribution in [3.05, 3.63) is 34.8 Å². The van der Waals surface area contributed by atoms with Crippen molar-refractivity contribution >= 4 is 11.5 Å². The van der Waals surface area contributed by atoms with Crippen LogP contribution < -0.4 is 0 Å². The molecule has 7 nitrogen and oxygen atoms in total. The Morgan fingerprint density at radius 3 is 2.87 bits per heavy atom. The second-order valence-corrected chi connectivity index (χ2v) is 9.73. The first kappa shape index (κ1) is 20.2. The molecule has 7 heteroatoms. The van der Waals surface area contributed by atoms with Crippen molar-refractivity contribution < 1.29 is 14.1 Å². The topological polar surface area (TPSA) is 83.0 Å². The number of allylic oxidation sites excluding steroid dienone is 3. The Bertz CT molecular complexity index is 1080. The Morgan fingerprint density at radius 2 is 2.16 bits per heavy atom. The number of rotatable bonds is 5. The van der Waals surface area contributed by atoms with Crippen LogP contribution in [0.25, 0.3) is 17.2 Å². The molecule has 2 heterocycles. The molecule has 164 valence electrons. The molecule has 0 aromatic carbocycles. The fourth-order valence-corrected chi connectivity index (χ4v) is 4.89. The number of aromatic nitrogens is 4. The van der Waals surface area contributed by atoms with Crippen molar-refractivity contribution in [2.75, 3.05) is 7.11 Å². The van der Waals surface area contributed by atoms with E-state index in [1.54, 1.807) is 0 Å². The predicted octanol–water partition coefficient (Wildman–Crippen LogP) is 4.38. The van der Waals surface area contributed by atoms with E-state index in [9.17, 15) is 4.79 Å². The Morgan fingerprint density at radius 1 is 1.35 bits per heavy atom. The number of esters is 1. The third-order valence-corrected chi connectivity index (χ3v) is 6.82. The minimum Gasteiger partial charge on any atom is -0.469 e. The van der Waals surface area contributed by atoms with E-state index in [1.807, 2.05) is 6.08 Å². The van der Waals surface area contributed by atoms with Crippen LogP contribution >= 0.6 is 0 Å². The average molecular weight is 423 g/mol. The summed E-state index contributed by atoms with van der Waals surface area (Å²) in [5.74, 6) is 1.12. The van der Waals surface area contributed by atoms with Crippen LogP contribution in [-0.4, -0.2) is 33.0 Å². The Balaban J connectivity index is 1.48. The summed E-state index contributed by atoms with van der Waals surface area (Å²) in [7, 11) is 1.44. The fourth-order valence-electron chi connectivity index (χ4n) is 4.89. The molecule has 0 aliphatic heterocycles. The minimum atomic E-state index is -0.230. The number of aryl methyl sites for hydroxylation is 1. The van der Waals surface area contributed by atoms with Crippen LogP contribution in [0, 0.1) is 17.3 Å². The molecule has 1 fully saturated rings. The zero-order valence-corrected chi connectivity index (χ0v) is 18.8. The maximum atomic E-state index is 12.0. The van der Waals surface area contributed by atoms with E-state index in [2.05, 4.69) is 36.7 Å². The molecule has 2 aromatic rings. The Hall–Kier alpha value is -2.70. The largest absolute Gasteiger partial charge is 0.469 e. The molecule has 0 bridgehead atoms. The third kappa shape index (κ3) is 3.64. The SMILES string of the molecule is CCn1nc(-c2nc(C3=CCC(C(=O)OC)C=C3C3CC3)no2)c2c1CC(C)(C)CC2. The van der Waals surface area contributed by atoms with Gasteiger partial charge in [0.05, 0.1) is 13.0 Å². The molecule has 3 aliphatic carbocycles. The summed E-state index contributed by atoms with van der Waals surface area (Å²) in [6.45, 7) is 7.58. The van der Waals surface area contributed by atoms with Gasteiger partial charge >= 0.3 is 5.97 Å². The normalized spacial score (nSPS) is 22.5. The second kappa shape index (κ2) is 7.46. The highest BCUT2D eigenvalue weighted by atomic mass is 16.5. The number of carbonyl (C=O) groups excluding carboxylic acids is 1. The molecule has 0 spiro atoms. The van der Waals surface area contributed by atoms with Gasteiger partial charge in [0.15, 0.2) is 5.69 Å². The Kier molecular flexibility index (Phi) is 4.87. The van der Waals surface area contributed by atoms with Gasteiger partial charge in [-0.15, -0.1) is 0 Å². The quantitative estimate of drug-likeness (QED) is 0.665. The standard InChI is InChI=1S/C24H30N4O3/c1-5-28-19-13-24(2,3)11-10-17(19)20(26-28)22-25-21(27-31-22)16-9-8-15(23(29)30-4)12-18(16)14-6-7-14/h9,12,14-15H,5-8,10-11,13H2,1-4H3. The van der Waals surface area contributed by atoms with Gasteiger partial charge in [-0.3, -0.25) is 9.48 Å². The number of ether oxygens (including phenoxy) is 1. The summed E-state index contributed by atoms with van der Waals surface area (Å²) in [6.07, 6.45) is 10.1. The van der Waals surface area contributed by atoms with E-state index in [0.29, 0.717) is 24.1 Å². The van der Waals surface area contributed by atoms with E-state index >= 15 is 0 Å². The average Bonchev–Trinajstić information content (AvgIpc) is 3.39. The number of hydrogen-bond acceptors (Lipinski definition) is 6. The van der Waals surface area contributed by atoms with Crippen molar-refractivity contribution in [1.82, 2.24) is 19.9 Å². The molecule has 3 aliphatic rings. The van der Waals surface area contributed by atoms with Gasteiger partial charge in [0.2, 0.25) is 5.82 Å². The lowest BCUT2D eigenvalue weighted by Gasteiger charge is -2.30. The number of nitrogens with zero attached hydrogens (tertiary/aromatic N) is 4. The van der Waals surface area contributed by atoms with Crippen LogP contribution in [0.3, 0.4) is 0 Å². The number of hydrogen-bond donors (Lipinski definition) is 0. The van der Waals surface area contributed by atoms with Gasteiger partial charge in [0.25, 0.3) is 5.89 Å². The highest BCUT2D eigenvalue weighted by Crippen LogP contribution is 2.46. The van der Waals surface area contributed by atoms with Gasteiger partial charge in [-0.1, -0.05) is 31.2 Å². The van der Waals surface area contributed by atoms with Crippen molar-refractivity contribution in [1.29, 1.82) is 0 Å². The van der Waals surface area contributed by atoms with E-state index in [4.69, 9.17) is 19.3 Å². The number of carbonyl (C=O) groups is 1. The highest BCUT2D eigenvalue weighted by Gasteiger charge is 2.36. The molecule has 0 saturated heterocycles. The molecule has 0 amide bonds. The lowest BCUT2D eigenvalue weighted by molar-refractivity contribution is -0.143. The van der Waals surface area contributed by atoms with Crippen LogP contribution in [0.2, 0.25) is 0 Å². The zero-order valence-electron chi connectivity index (χ0n) is 18.8. The molecular formula is C24H30N4O3. The van der Waals surface area contributed by atoms with Crippen molar-refractivity contribution in [3.8, 4) is 11.6 Å². The van der Waals surface area contributed by atoms with Gasteiger partial charge in [-0.2, -0.15) is 10.1 Å². The monoisotopic (exact) mass is 422 g/mol. The van der Waals surface area contributed by atoms with Gasteiger partial charge in [-0.05, 0) is 62.4 Å². The van der Waals surface area contributed by atoms with Crippen LogP contribution in [-0.2, 0) is 28.9 Å². The van der Waals surface area contributed by atoms with E-state index in [1.165, 1.54) is 18.4 Å². The van der Waals surface area contributed by atoms with Gasteiger partial charge in [-0.25, -0.2) is 0 Å². The minimum absolute atomic E-state index is 0.193. The molecule has 5 rings (SSSR count). The summed E-state index contributed by atoms with van der Waals surface area (Å²) in [5, 5.41) is 9.16. The Labute approximate surface area is 182 Å². The van der Waals surface area contributed by atoms with Crippen molar-refractivity contribution in [3.63, 3.8) is 0 Å². The fraction of sp³-hybridized carbons (Fsp3) is 0.583. The third-order valence-electron chi connectivity index (χ3n) is 6.82. The van der Waals surface area contributed by atoms with E-state index < -0.39 is 0 Å². The lowest BCUT2D eigenvalue weighted by atomic mass is 9.76. The van der Waals surface area contributed by atoms with Gasteiger partial charge in [0, 0.05) is 23.4 Å². The summed E-state index contributed by atoms with van der Waals surface area (Å²) >= 11 is 0. The maximum absolute atomic E-state index is 12.0. The number of fused-ring (bicyclic) bond motifs is 1. The first-order valence-electron chi connectivity index (χ1n) is 11.3. The summed E-state index contributed by atoms with van der Waals surface area (Å²) < 4.78 is 12.8. The molecule has 0 radical (unpaired) electrons. The first-order valence-corrected chi connectivity index (χ1v) is 11.3. The molecule has 1 atom stereocenters. The van der Waals surface area contributed by atoms with Crippen LogP contribution in [0.15, 0.2) is 22.2 Å². The zero-order chi connectivity index (χ0) is 21.8. The molecule has 0 N–H and O–H groups in total. The van der Waals surface area contributed by atoms with Crippen LogP contribution in [0.5, 0.6) is 0 Å².